The fraction of sp³-hybridized carbons (Fsp3) is 0.450. The van der Waals surface area contributed by atoms with Gasteiger partial charge in [-0.05, 0) is 30.5 Å². The number of thioether (sulfide) groups is 1. The van der Waals surface area contributed by atoms with Crippen molar-refractivity contribution in [2.45, 2.75) is 19.6 Å². The Labute approximate surface area is 164 Å². The van der Waals surface area contributed by atoms with E-state index in [2.05, 4.69) is 22.5 Å². The quantitative estimate of drug-likeness (QED) is 0.820. The molecule has 1 saturated heterocycles. The zero-order valence-corrected chi connectivity index (χ0v) is 16.9. The summed E-state index contributed by atoms with van der Waals surface area (Å²) in [4.78, 5) is 23.6. The van der Waals surface area contributed by atoms with Crippen molar-refractivity contribution in [3.63, 3.8) is 0 Å². The van der Waals surface area contributed by atoms with Crippen LogP contribution in [0.15, 0.2) is 30.3 Å². The number of morpholine rings is 1. The molecule has 2 heterocycles. The number of benzene rings is 1. The average Bonchev–Trinajstić information content (AvgIpc) is 2.69. The molecule has 6 nitrogen and oxygen atoms in total. The summed E-state index contributed by atoms with van der Waals surface area (Å²) < 4.78 is 5.45. The van der Waals surface area contributed by atoms with Crippen LogP contribution in [-0.2, 0) is 15.3 Å². The fourth-order valence-corrected chi connectivity index (χ4v) is 3.22. The highest BCUT2D eigenvalue weighted by molar-refractivity contribution is 7.97. The Morgan fingerprint density at radius 3 is 2.56 bits per heavy atom. The summed E-state index contributed by atoms with van der Waals surface area (Å²) in [6.07, 6.45) is 2.07. The number of nitrogens with one attached hydrogen (secondary N) is 1. The maximum atomic E-state index is 11.8. The molecule has 1 amide bonds. The summed E-state index contributed by atoms with van der Waals surface area (Å²) in [5.74, 6) is 2.47. The molecule has 1 fully saturated rings. The number of carbonyl (C=O) groups is 1. The molecule has 2 aromatic rings. The summed E-state index contributed by atoms with van der Waals surface area (Å²) in [6.45, 7) is 6.89. The fourth-order valence-electron chi connectivity index (χ4n) is 2.78. The number of amides is 1. The van der Waals surface area contributed by atoms with Gasteiger partial charge in [0.1, 0.15) is 5.82 Å². The van der Waals surface area contributed by atoms with Gasteiger partial charge in [0.05, 0.1) is 18.9 Å². The van der Waals surface area contributed by atoms with Crippen LogP contribution < -0.4 is 10.2 Å². The van der Waals surface area contributed by atoms with Crippen LogP contribution in [0.3, 0.4) is 0 Å². The van der Waals surface area contributed by atoms with Gasteiger partial charge in [0.25, 0.3) is 0 Å². The van der Waals surface area contributed by atoms with E-state index in [4.69, 9.17) is 14.7 Å². The molecule has 0 radical (unpaired) electrons. The number of hydrogen-bond donors (Lipinski definition) is 1. The van der Waals surface area contributed by atoms with Crippen LogP contribution in [0.5, 0.6) is 0 Å². The number of anilines is 2. The van der Waals surface area contributed by atoms with E-state index in [-0.39, 0.29) is 11.8 Å². The number of aromatic nitrogens is 2. The van der Waals surface area contributed by atoms with Crippen molar-refractivity contribution in [2.75, 3.05) is 42.8 Å². The summed E-state index contributed by atoms with van der Waals surface area (Å²) in [7, 11) is 0. The second-order valence-corrected chi connectivity index (χ2v) is 7.66. The third-order valence-corrected chi connectivity index (χ3v) is 4.91. The Kier molecular flexibility index (Phi) is 6.68. The van der Waals surface area contributed by atoms with Gasteiger partial charge in [-0.2, -0.15) is 11.8 Å². The summed E-state index contributed by atoms with van der Waals surface area (Å²) in [6, 6.07) is 9.78. The van der Waals surface area contributed by atoms with Crippen LogP contribution in [-0.4, -0.2) is 48.4 Å². The van der Waals surface area contributed by atoms with Crippen LogP contribution in [0.2, 0.25) is 0 Å². The Hall–Kier alpha value is -2.12. The molecule has 1 aromatic carbocycles. The normalized spacial score (nSPS) is 14.4. The summed E-state index contributed by atoms with van der Waals surface area (Å²) >= 11 is 1.74. The van der Waals surface area contributed by atoms with Crippen molar-refractivity contribution in [2.24, 2.45) is 5.92 Å². The molecule has 1 N–H and O–H groups in total. The molecule has 1 aliphatic heterocycles. The molecule has 0 aliphatic carbocycles. The van der Waals surface area contributed by atoms with Crippen LogP contribution in [0.25, 0.3) is 11.4 Å². The van der Waals surface area contributed by atoms with Crippen LogP contribution in [0.1, 0.15) is 19.5 Å². The van der Waals surface area contributed by atoms with Gasteiger partial charge in [-0.15, -0.1) is 0 Å². The first-order chi connectivity index (χ1) is 13.1. The van der Waals surface area contributed by atoms with Gasteiger partial charge < -0.3 is 15.0 Å². The van der Waals surface area contributed by atoms with Gasteiger partial charge in [0, 0.05) is 42.1 Å². The van der Waals surface area contributed by atoms with Crippen LogP contribution in [0.4, 0.5) is 11.5 Å². The zero-order valence-electron chi connectivity index (χ0n) is 16.1. The van der Waals surface area contributed by atoms with Gasteiger partial charge in [-0.1, -0.05) is 13.8 Å². The Morgan fingerprint density at radius 2 is 1.93 bits per heavy atom. The molecule has 144 valence electrons. The number of hydrogen-bond acceptors (Lipinski definition) is 6. The molecule has 1 aromatic heterocycles. The second-order valence-electron chi connectivity index (χ2n) is 6.79. The van der Waals surface area contributed by atoms with E-state index in [1.165, 1.54) is 0 Å². The average molecular weight is 387 g/mol. The largest absolute Gasteiger partial charge is 0.378 e. The third-order valence-electron chi connectivity index (χ3n) is 4.33. The lowest BCUT2D eigenvalue weighted by atomic mass is 10.1. The number of rotatable bonds is 6. The molecule has 0 unspecified atom stereocenters. The highest BCUT2D eigenvalue weighted by Gasteiger charge is 2.16. The lowest BCUT2D eigenvalue weighted by Gasteiger charge is -2.28. The van der Waals surface area contributed by atoms with Crippen molar-refractivity contribution in [1.82, 2.24) is 9.97 Å². The molecule has 7 heteroatoms. The lowest BCUT2D eigenvalue weighted by molar-refractivity contribution is -0.118. The Morgan fingerprint density at radius 1 is 1.22 bits per heavy atom. The molecule has 0 saturated carbocycles. The predicted molar refractivity (Wildman–Crippen MR) is 111 cm³/mol. The zero-order chi connectivity index (χ0) is 19.2. The van der Waals surface area contributed by atoms with Gasteiger partial charge in [0.15, 0.2) is 5.82 Å². The van der Waals surface area contributed by atoms with E-state index in [0.717, 1.165) is 54.8 Å². The first-order valence-corrected chi connectivity index (χ1v) is 10.6. The smallest absolute Gasteiger partial charge is 0.226 e. The van der Waals surface area contributed by atoms with Gasteiger partial charge in [0.2, 0.25) is 5.91 Å². The van der Waals surface area contributed by atoms with Crippen molar-refractivity contribution in [1.29, 1.82) is 0 Å². The molecule has 27 heavy (non-hydrogen) atoms. The van der Waals surface area contributed by atoms with Crippen molar-refractivity contribution < 1.29 is 9.53 Å². The van der Waals surface area contributed by atoms with Crippen molar-refractivity contribution in [3.05, 3.63) is 36.0 Å². The Bertz CT molecular complexity index is 774. The molecule has 0 spiro atoms. The van der Waals surface area contributed by atoms with Crippen molar-refractivity contribution in [3.8, 4) is 11.4 Å². The van der Waals surface area contributed by atoms with Gasteiger partial charge >= 0.3 is 0 Å². The molecule has 0 bridgehead atoms. The van der Waals surface area contributed by atoms with E-state index in [1.54, 1.807) is 11.8 Å². The highest BCUT2D eigenvalue weighted by Crippen LogP contribution is 2.24. The SMILES string of the molecule is CSCc1cc(N2CCOCC2)nc(-c2ccc(NC(=O)C(C)C)cc2)n1. The van der Waals surface area contributed by atoms with E-state index in [9.17, 15) is 4.79 Å². The maximum Gasteiger partial charge on any atom is 0.226 e. The van der Waals surface area contributed by atoms with E-state index in [1.807, 2.05) is 38.1 Å². The van der Waals surface area contributed by atoms with E-state index in [0.29, 0.717) is 5.82 Å². The molecule has 1 aliphatic rings. The minimum Gasteiger partial charge on any atom is -0.378 e. The van der Waals surface area contributed by atoms with Crippen LogP contribution >= 0.6 is 11.8 Å². The number of ether oxygens (including phenoxy) is 1. The third kappa shape index (κ3) is 5.20. The maximum absolute atomic E-state index is 11.8. The van der Waals surface area contributed by atoms with E-state index >= 15 is 0 Å². The topological polar surface area (TPSA) is 67.3 Å². The van der Waals surface area contributed by atoms with E-state index < -0.39 is 0 Å². The second kappa shape index (κ2) is 9.19. The first-order valence-electron chi connectivity index (χ1n) is 9.17. The monoisotopic (exact) mass is 386 g/mol. The minimum absolute atomic E-state index is 0.00979. The number of nitrogens with zero attached hydrogens (tertiary/aromatic N) is 3. The lowest BCUT2D eigenvalue weighted by Crippen LogP contribution is -2.37. The molecular weight excluding hydrogens is 360 g/mol. The molecular formula is C20H26N4O2S. The van der Waals surface area contributed by atoms with Crippen LogP contribution in [0, 0.1) is 5.92 Å². The number of carbonyl (C=O) groups excluding carboxylic acids is 1. The minimum atomic E-state index is -0.0488. The van der Waals surface area contributed by atoms with Crippen molar-refractivity contribution >= 4 is 29.2 Å². The van der Waals surface area contributed by atoms with Gasteiger partial charge in [-0.3, -0.25) is 4.79 Å². The van der Waals surface area contributed by atoms with Gasteiger partial charge in [-0.25, -0.2) is 9.97 Å². The first kappa shape index (κ1) is 19.6. The summed E-state index contributed by atoms with van der Waals surface area (Å²) in [5.41, 5.74) is 2.74. The standard InChI is InChI=1S/C20H26N4O2S/c1-14(2)20(25)22-16-6-4-15(5-7-16)19-21-17(13-27-3)12-18(23-19)24-8-10-26-11-9-24/h4-7,12,14H,8-11,13H2,1-3H3,(H,22,25). The summed E-state index contributed by atoms with van der Waals surface area (Å²) in [5, 5.41) is 2.91. The molecule has 0 atom stereocenters. The predicted octanol–water partition coefficient (Wildman–Crippen LogP) is 3.44. The molecule has 3 rings (SSSR count). The Balaban J connectivity index is 1.85. The highest BCUT2D eigenvalue weighted by atomic mass is 32.2.